The van der Waals surface area contributed by atoms with Crippen LogP contribution in [0.3, 0.4) is 0 Å². The number of thiophene rings is 1. The zero-order valence-electron chi connectivity index (χ0n) is 12.2. The van der Waals surface area contributed by atoms with Crippen LogP contribution in [0, 0.1) is 17.0 Å². The Hall–Kier alpha value is -2.21. The molecular weight excluding hydrogens is 300 g/mol. The van der Waals surface area contributed by atoms with Gasteiger partial charge in [-0.15, -0.1) is 0 Å². The molecule has 0 atom stereocenters. The Labute approximate surface area is 132 Å². The van der Waals surface area contributed by atoms with Crippen molar-refractivity contribution in [3.05, 3.63) is 61.8 Å². The number of rotatable bonds is 5. The van der Waals surface area contributed by atoms with Gasteiger partial charge < -0.3 is 4.90 Å². The normalized spacial score (nSPS) is 13.9. The van der Waals surface area contributed by atoms with Gasteiger partial charge in [0.15, 0.2) is 0 Å². The van der Waals surface area contributed by atoms with Crippen molar-refractivity contribution in [3.8, 4) is 0 Å². The minimum Gasteiger partial charge on any atom is -0.331 e. The summed E-state index contributed by atoms with van der Waals surface area (Å²) in [4.78, 5) is 25.1. The molecule has 22 heavy (non-hydrogen) atoms. The first kappa shape index (κ1) is 14.7. The van der Waals surface area contributed by atoms with Crippen LogP contribution in [0.15, 0.2) is 35.0 Å². The Bertz CT molecular complexity index is 708. The number of hydrogen-bond acceptors (Lipinski definition) is 4. The predicted octanol–water partition coefficient (Wildman–Crippen LogP) is 3.77. The molecule has 114 valence electrons. The number of nitro groups is 1. The Morgan fingerprint density at radius 3 is 2.73 bits per heavy atom. The van der Waals surface area contributed by atoms with Crippen LogP contribution in [0.1, 0.15) is 34.3 Å². The van der Waals surface area contributed by atoms with Crippen molar-refractivity contribution in [2.45, 2.75) is 32.4 Å². The third-order valence-electron chi connectivity index (χ3n) is 3.82. The van der Waals surface area contributed by atoms with Crippen LogP contribution in [-0.2, 0) is 6.54 Å². The molecule has 0 bridgehead atoms. The molecule has 1 amide bonds. The summed E-state index contributed by atoms with van der Waals surface area (Å²) < 4.78 is 0. The molecule has 3 rings (SSSR count). The summed E-state index contributed by atoms with van der Waals surface area (Å²) in [7, 11) is 0. The van der Waals surface area contributed by atoms with Crippen molar-refractivity contribution in [2.24, 2.45) is 0 Å². The Morgan fingerprint density at radius 1 is 1.41 bits per heavy atom. The third-order valence-corrected chi connectivity index (χ3v) is 4.55. The number of amides is 1. The molecule has 0 unspecified atom stereocenters. The second-order valence-corrected chi connectivity index (χ2v) is 6.33. The van der Waals surface area contributed by atoms with Crippen LogP contribution in [0.5, 0.6) is 0 Å². The molecule has 0 radical (unpaired) electrons. The van der Waals surface area contributed by atoms with Crippen molar-refractivity contribution in [2.75, 3.05) is 0 Å². The number of carbonyl (C=O) groups is 1. The minimum absolute atomic E-state index is 0.0485. The number of nitro benzene ring substituents is 1. The molecule has 1 aromatic heterocycles. The van der Waals surface area contributed by atoms with E-state index in [9.17, 15) is 14.9 Å². The lowest BCUT2D eigenvalue weighted by atomic mass is 10.1. The van der Waals surface area contributed by atoms with E-state index in [2.05, 4.69) is 0 Å². The van der Waals surface area contributed by atoms with Crippen LogP contribution in [-0.4, -0.2) is 21.8 Å². The zero-order chi connectivity index (χ0) is 15.7. The molecule has 1 aromatic carbocycles. The summed E-state index contributed by atoms with van der Waals surface area (Å²) >= 11 is 1.62. The van der Waals surface area contributed by atoms with E-state index in [4.69, 9.17) is 0 Å². The van der Waals surface area contributed by atoms with E-state index in [1.807, 2.05) is 21.7 Å². The van der Waals surface area contributed by atoms with Crippen LogP contribution >= 0.6 is 11.3 Å². The van der Waals surface area contributed by atoms with E-state index in [1.165, 1.54) is 6.07 Å². The smallest absolute Gasteiger partial charge is 0.272 e. The second-order valence-electron chi connectivity index (χ2n) is 5.55. The summed E-state index contributed by atoms with van der Waals surface area (Å²) in [6, 6.07) is 6.90. The SMILES string of the molecule is Cc1cc(C(=O)N(Cc2ccsc2)C2CC2)ccc1[N+](=O)[O-]. The van der Waals surface area contributed by atoms with Crippen molar-refractivity contribution in [1.29, 1.82) is 0 Å². The number of aryl methyl sites for hydroxylation is 1. The van der Waals surface area contributed by atoms with E-state index in [1.54, 1.807) is 30.4 Å². The molecule has 1 aliphatic carbocycles. The maximum Gasteiger partial charge on any atom is 0.272 e. The molecule has 1 aliphatic rings. The highest BCUT2D eigenvalue weighted by Gasteiger charge is 2.33. The summed E-state index contributed by atoms with van der Waals surface area (Å²) in [5, 5.41) is 14.9. The Kier molecular flexibility index (Phi) is 3.94. The highest BCUT2D eigenvalue weighted by molar-refractivity contribution is 7.07. The number of benzene rings is 1. The average Bonchev–Trinajstić information content (AvgIpc) is 3.20. The maximum atomic E-state index is 12.7. The lowest BCUT2D eigenvalue weighted by molar-refractivity contribution is -0.385. The standard InChI is InChI=1S/C16H16N2O3S/c1-11-8-13(2-5-15(11)18(20)21)16(19)17(14-3-4-14)9-12-6-7-22-10-12/h2,5-8,10,14H,3-4,9H2,1H3. The highest BCUT2D eigenvalue weighted by Crippen LogP contribution is 2.31. The quantitative estimate of drug-likeness (QED) is 0.623. The molecular formula is C16H16N2O3S. The van der Waals surface area contributed by atoms with Gasteiger partial charge in [0.25, 0.3) is 11.6 Å². The summed E-state index contributed by atoms with van der Waals surface area (Å²) in [5.74, 6) is -0.0494. The van der Waals surface area contributed by atoms with E-state index in [-0.39, 0.29) is 11.6 Å². The fourth-order valence-electron chi connectivity index (χ4n) is 2.49. The zero-order valence-corrected chi connectivity index (χ0v) is 13.0. The van der Waals surface area contributed by atoms with Crippen molar-refractivity contribution in [3.63, 3.8) is 0 Å². The van der Waals surface area contributed by atoms with Crippen molar-refractivity contribution < 1.29 is 9.72 Å². The first-order chi connectivity index (χ1) is 10.6. The van der Waals surface area contributed by atoms with Gasteiger partial charge in [-0.25, -0.2) is 0 Å². The molecule has 0 spiro atoms. The summed E-state index contributed by atoms with van der Waals surface area (Å²) in [6.45, 7) is 2.26. The molecule has 0 saturated heterocycles. The lowest BCUT2D eigenvalue weighted by Gasteiger charge is -2.22. The summed E-state index contributed by atoms with van der Waals surface area (Å²) in [6.07, 6.45) is 2.06. The van der Waals surface area contributed by atoms with Crippen molar-refractivity contribution >= 4 is 22.9 Å². The fraction of sp³-hybridized carbons (Fsp3) is 0.312. The molecule has 0 N–H and O–H groups in total. The lowest BCUT2D eigenvalue weighted by Crippen LogP contribution is -2.32. The monoisotopic (exact) mass is 316 g/mol. The van der Waals surface area contributed by atoms with Gasteiger partial charge in [-0.05, 0) is 54.3 Å². The number of nitrogens with zero attached hydrogens (tertiary/aromatic N) is 2. The van der Waals surface area contributed by atoms with E-state index < -0.39 is 4.92 Å². The third kappa shape index (κ3) is 3.01. The second kappa shape index (κ2) is 5.88. The van der Waals surface area contributed by atoms with Crippen LogP contribution in [0.4, 0.5) is 5.69 Å². The molecule has 2 aromatic rings. The fourth-order valence-corrected chi connectivity index (χ4v) is 3.15. The van der Waals surface area contributed by atoms with Gasteiger partial charge in [0.1, 0.15) is 0 Å². The maximum absolute atomic E-state index is 12.7. The summed E-state index contributed by atoms with van der Waals surface area (Å²) in [5.41, 5.74) is 2.21. The molecule has 1 saturated carbocycles. The van der Waals surface area contributed by atoms with E-state index >= 15 is 0 Å². The van der Waals surface area contributed by atoms with Gasteiger partial charge in [0.05, 0.1) is 4.92 Å². The largest absolute Gasteiger partial charge is 0.331 e. The van der Waals surface area contributed by atoms with Crippen LogP contribution < -0.4 is 0 Å². The minimum atomic E-state index is -0.423. The first-order valence-corrected chi connectivity index (χ1v) is 8.07. The first-order valence-electron chi connectivity index (χ1n) is 7.13. The van der Waals surface area contributed by atoms with Gasteiger partial charge >= 0.3 is 0 Å². The molecule has 0 aliphatic heterocycles. The van der Waals surface area contributed by atoms with Crippen molar-refractivity contribution in [1.82, 2.24) is 4.90 Å². The van der Waals surface area contributed by atoms with Gasteiger partial charge in [-0.1, -0.05) is 0 Å². The van der Waals surface area contributed by atoms with Crippen LogP contribution in [0.25, 0.3) is 0 Å². The molecule has 1 heterocycles. The van der Waals surface area contributed by atoms with Gasteiger partial charge in [0.2, 0.25) is 0 Å². The average molecular weight is 316 g/mol. The number of hydrogen-bond donors (Lipinski definition) is 0. The highest BCUT2D eigenvalue weighted by atomic mass is 32.1. The van der Waals surface area contributed by atoms with Gasteiger partial charge in [0, 0.05) is 29.8 Å². The Balaban J connectivity index is 1.84. The Morgan fingerprint density at radius 2 is 2.18 bits per heavy atom. The van der Waals surface area contributed by atoms with E-state index in [0.29, 0.717) is 23.7 Å². The molecule has 6 heteroatoms. The number of carbonyl (C=O) groups excluding carboxylic acids is 1. The molecule has 1 fully saturated rings. The predicted molar refractivity (Wildman–Crippen MR) is 85.0 cm³/mol. The van der Waals surface area contributed by atoms with E-state index in [0.717, 1.165) is 18.4 Å². The van der Waals surface area contributed by atoms with Crippen LogP contribution in [0.2, 0.25) is 0 Å². The topological polar surface area (TPSA) is 63.5 Å². The molecule has 5 nitrogen and oxygen atoms in total. The van der Waals surface area contributed by atoms with Gasteiger partial charge in [-0.2, -0.15) is 11.3 Å². The van der Waals surface area contributed by atoms with Gasteiger partial charge in [-0.3, -0.25) is 14.9 Å².